The fourth-order valence-electron chi connectivity index (χ4n) is 6.23. The Hall–Kier alpha value is -5.44. The lowest BCUT2D eigenvalue weighted by molar-refractivity contribution is 0.0734. The van der Waals surface area contributed by atoms with Crippen LogP contribution in [0.25, 0.3) is 22.3 Å². The number of carbonyl (C=O) groups excluding carboxylic acids is 2. The molecule has 0 N–H and O–H groups in total. The fraction of sp³-hybridized carbons (Fsp3) is 0.304. The first-order valence-corrected chi connectivity index (χ1v) is 19.1. The van der Waals surface area contributed by atoms with E-state index in [0.717, 1.165) is 66.2 Å². The second-order valence-corrected chi connectivity index (χ2v) is 13.8. The third-order valence-electron chi connectivity index (χ3n) is 9.62. The van der Waals surface area contributed by atoms with Gasteiger partial charge in [0.1, 0.15) is 42.7 Å². The molecule has 54 heavy (non-hydrogen) atoms. The largest absolute Gasteiger partial charge is 0.491 e. The number of nitrogens with zero attached hydrogens (tertiary/aromatic N) is 1. The number of esters is 1. The first kappa shape index (κ1) is 36.9. The molecule has 5 aromatic carbocycles. The van der Waals surface area contributed by atoms with Crippen LogP contribution in [0.4, 0.5) is 5.69 Å². The lowest BCUT2D eigenvalue weighted by atomic mass is 10.0. The van der Waals surface area contributed by atoms with E-state index in [-0.39, 0.29) is 18.1 Å². The summed E-state index contributed by atoms with van der Waals surface area (Å²) in [6, 6.07) is 38.1. The SMILES string of the molecule is CCCCCCCCN(C(=O)c1ccc(-c2ccc(OCC3CO3)cc2)cc1)c1cccc(OC(=O)c2ccc(-c3ccc(OCC4CO4)cc3)cc2)c1. The molecule has 2 atom stereocenters. The quantitative estimate of drug-likeness (QED) is 0.0362. The zero-order valence-electron chi connectivity index (χ0n) is 30.8. The summed E-state index contributed by atoms with van der Waals surface area (Å²) in [6.07, 6.45) is 7.05. The second-order valence-electron chi connectivity index (χ2n) is 13.8. The molecule has 0 saturated carbocycles. The van der Waals surface area contributed by atoms with Crippen molar-refractivity contribution in [1.29, 1.82) is 0 Å². The second kappa shape index (κ2) is 18.1. The number of epoxide rings is 2. The molecule has 2 aliphatic heterocycles. The van der Waals surface area contributed by atoms with Gasteiger partial charge in [-0.05, 0) is 89.3 Å². The highest BCUT2D eigenvalue weighted by atomic mass is 16.6. The number of amides is 1. The molecule has 2 fully saturated rings. The van der Waals surface area contributed by atoms with Gasteiger partial charge in [0.15, 0.2) is 0 Å². The molecule has 2 aliphatic rings. The summed E-state index contributed by atoms with van der Waals surface area (Å²) in [5.74, 6) is 1.41. The van der Waals surface area contributed by atoms with E-state index >= 15 is 0 Å². The molecule has 5 aromatic rings. The molecule has 8 heteroatoms. The average Bonchev–Trinajstić information content (AvgIpc) is 4.16. The first-order valence-electron chi connectivity index (χ1n) is 19.1. The molecule has 8 nitrogen and oxygen atoms in total. The zero-order chi connectivity index (χ0) is 37.1. The summed E-state index contributed by atoms with van der Waals surface area (Å²) < 4.78 is 27.8. The Bertz CT molecular complexity index is 1970. The van der Waals surface area contributed by atoms with Crippen LogP contribution in [0.1, 0.15) is 66.2 Å². The van der Waals surface area contributed by atoms with E-state index in [4.69, 9.17) is 23.7 Å². The third-order valence-corrected chi connectivity index (χ3v) is 9.62. The Balaban J connectivity index is 1.01. The van der Waals surface area contributed by atoms with Crippen molar-refractivity contribution >= 4 is 17.6 Å². The van der Waals surface area contributed by atoms with Gasteiger partial charge in [-0.15, -0.1) is 0 Å². The van der Waals surface area contributed by atoms with Gasteiger partial charge in [-0.3, -0.25) is 4.79 Å². The van der Waals surface area contributed by atoms with Crippen molar-refractivity contribution in [1.82, 2.24) is 0 Å². The van der Waals surface area contributed by atoms with Gasteiger partial charge in [0.25, 0.3) is 5.91 Å². The first-order chi connectivity index (χ1) is 26.5. The molecule has 278 valence electrons. The van der Waals surface area contributed by atoms with E-state index in [1.807, 2.05) is 97.1 Å². The maximum atomic E-state index is 14.1. The van der Waals surface area contributed by atoms with Crippen LogP contribution in [0, 0.1) is 0 Å². The van der Waals surface area contributed by atoms with Crippen molar-refractivity contribution < 1.29 is 33.3 Å². The lowest BCUT2D eigenvalue weighted by Gasteiger charge is -2.24. The minimum Gasteiger partial charge on any atom is -0.491 e. The van der Waals surface area contributed by atoms with Crippen molar-refractivity contribution in [2.45, 2.75) is 57.7 Å². The van der Waals surface area contributed by atoms with Crippen LogP contribution < -0.4 is 19.1 Å². The summed E-state index contributed by atoms with van der Waals surface area (Å²) in [7, 11) is 0. The van der Waals surface area contributed by atoms with Gasteiger partial charge in [0.05, 0.1) is 18.8 Å². The van der Waals surface area contributed by atoms with Crippen LogP contribution in [0.15, 0.2) is 121 Å². The molecule has 2 heterocycles. The fourth-order valence-corrected chi connectivity index (χ4v) is 6.23. The van der Waals surface area contributed by atoms with Crippen molar-refractivity contribution in [2.24, 2.45) is 0 Å². The number of rotatable bonds is 19. The van der Waals surface area contributed by atoms with Crippen molar-refractivity contribution in [3.05, 3.63) is 132 Å². The van der Waals surface area contributed by atoms with E-state index in [9.17, 15) is 9.59 Å². The maximum absolute atomic E-state index is 14.1. The third kappa shape index (κ3) is 10.4. The monoisotopic (exact) mass is 725 g/mol. The van der Waals surface area contributed by atoms with Gasteiger partial charge in [-0.2, -0.15) is 0 Å². The highest BCUT2D eigenvalue weighted by Gasteiger charge is 2.24. The number of unbranched alkanes of at least 4 members (excludes halogenated alkanes) is 5. The molecule has 0 radical (unpaired) electrons. The van der Waals surface area contributed by atoms with E-state index in [0.29, 0.717) is 42.3 Å². The molecule has 2 saturated heterocycles. The molecular formula is C46H47NO7. The molecule has 0 bridgehead atoms. The van der Waals surface area contributed by atoms with E-state index in [1.165, 1.54) is 19.3 Å². The molecule has 0 aromatic heterocycles. The number of anilines is 1. The van der Waals surface area contributed by atoms with Crippen LogP contribution >= 0.6 is 0 Å². The van der Waals surface area contributed by atoms with Gasteiger partial charge in [-0.1, -0.05) is 93.6 Å². The summed E-state index contributed by atoms with van der Waals surface area (Å²) in [6.45, 7) is 5.41. The standard InChI is InChI=1S/C46H47NO7/c1-2-3-4-5-6-7-27-47(45(48)37-15-11-33(12-16-37)35-19-23-40(24-20-35)50-29-43-31-52-43)39-9-8-10-42(28-39)54-46(49)38-17-13-34(14-18-38)36-21-25-41(26-22-36)51-30-44-32-53-44/h8-26,28,43-44H,2-7,27,29-32H2,1H3. The molecule has 0 spiro atoms. The van der Waals surface area contributed by atoms with Gasteiger partial charge < -0.3 is 28.6 Å². The number of ether oxygens (including phenoxy) is 5. The number of hydrogen-bond acceptors (Lipinski definition) is 7. The van der Waals surface area contributed by atoms with Gasteiger partial charge in [0, 0.05) is 23.9 Å². The topological polar surface area (TPSA) is 90.1 Å². The van der Waals surface area contributed by atoms with Gasteiger partial charge in [0.2, 0.25) is 0 Å². The number of carbonyl (C=O) groups is 2. The van der Waals surface area contributed by atoms with Crippen LogP contribution in [0.2, 0.25) is 0 Å². The molecular weight excluding hydrogens is 679 g/mol. The van der Waals surface area contributed by atoms with Crippen LogP contribution in [-0.2, 0) is 9.47 Å². The Labute approximate surface area is 317 Å². The Morgan fingerprint density at radius 1 is 0.593 bits per heavy atom. The Kier molecular flexibility index (Phi) is 12.3. The van der Waals surface area contributed by atoms with E-state index < -0.39 is 5.97 Å². The highest BCUT2D eigenvalue weighted by molar-refractivity contribution is 6.06. The minimum atomic E-state index is -0.467. The molecule has 7 rings (SSSR count). The smallest absolute Gasteiger partial charge is 0.343 e. The van der Waals surface area contributed by atoms with Crippen LogP contribution in [0.5, 0.6) is 17.2 Å². The Morgan fingerprint density at radius 2 is 1.07 bits per heavy atom. The maximum Gasteiger partial charge on any atom is 0.343 e. The summed E-state index contributed by atoms with van der Waals surface area (Å²) in [5, 5.41) is 0. The zero-order valence-corrected chi connectivity index (χ0v) is 30.8. The molecule has 2 unspecified atom stereocenters. The van der Waals surface area contributed by atoms with Crippen molar-refractivity contribution in [2.75, 3.05) is 37.9 Å². The molecule has 0 aliphatic carbocycles. The van der Waals surface area contributed by atoms with Crippen molar-refractivity contribution in [3.63, 3.8) is 0 Å². The van der Waals surface area contributed by atoms with E-state index in [1.54, 1.807) is 29.2 Å². The van der Waals surface area contributed by atoms with Gasteiger partial charge in [-0.25, -0.2) is 4.79 Å². The van der Waals surface area contributed by atoms with E-state index in [2.05, 4.69) is 6.92 Å². The highest BCUT2D eigenvalue weighted by Crippen LogP contribution is 2.28. The summed E-state index contributed by atoms with van der Waals surface area (Å²) >= 11 is 0. The average molecular weight is 726 g/mol. The minimum absolute atomic E-state index is 0.100. The lowest BCUT2D eigenvalue weighted by Crippen LogP contribution is -2.32. The van der Waals surface area contributed by atoms with Gasteiger partial charge >= 0.3 is 5.97 Å². The number of hydrogen-bond donors (Lipinski definition) is 0. The predicted molar refractivity (Wildman–Crippen MR) is 211 cm³/mol. The normalized spacial score (nSPS) is 15.6. The van der Waals surface area contributed by atoms with Crippen LogP contribution in [0.3, 0.4) is 0 Å². The molecule has 1 amide bonds. The predicted octanol–water partition coefficient (Wildman–Crippen LogP) is 9.80. The number of benzene rings is 5. The Morgan fingerprint density at radius 3 is 1.59 bits per heavy atom. The van der Waals surface area contributed by atoms with Crippen LogP contribution in [-0.4, -0.2) is 57.1 Å². The van der Waals surface area contributed by atoms with Crippen molar-refractivity contribution in [3.8, 4) is 39.5 Å². The summed E-state index contributed by atoms with van der Waals surface area (Å²) in [5.41, 5.74) is 5.75. The summed E-state index contributed by atoms with van der Waals surface area (Å²) in [4.78, 5) is 29.2.